The lowest BCUT2D eigenvalue weighted by molar-refractivity contribution is -0.150. The van der Waals surface area contributed by atoms with Gasteiger partial charge in [-0.15, -0.1) is 0 Å². The molecule has 0 saturated heterocycles. The van der Waals surface area contributed by atoms with Crippen LogP contribution in [0.25, 0.3) is 0 Å². The molecule has 0 aliphatic heterocycles. The van der Waals surface area contributed by atoms with E-state index in [9.17, 15) is 9.90 Å². The van der Waals surface area contributed by atoms with Crippen molar-refractivity contribution >= 4 is 5.97 Å². The van der Waals surface area contributed by atoms with Gasteiger partial charge in [-0.2, -0.15) is 5.10 Å². The lowest BCUT2D eigenvalue weighted by atomic mass is 9.81. The number of aliphatic hydroxyl groups is 1. The molecule has 1 heterocycles. The number of carbonyl (C=O) groups is 1. The van der Waals surface area contributed by atoms with E-state index in [-0.39, 0.29) is 0 Å². The van der Waals surface area contributed by atoms with Crippen LogP contribution < -0.4 is 0 Å². The molecule has 1 aromatic rings. The molecule has 1 aromatic heterocycles. The van der Waals surface area contributed by atoms with Gasteiger partial charge in [0.05, 0.1) is 5.69 Å². The Morgan fingerprint density at radius 3 is 2.81 bits per heavy atom. The number of aliphatic carboxylic acids is 1. The Balaban J connectivity index is 2.39. The molecule has 3 N–H and O–H groups in total. The van der Waals surface area contributed by atoms with Crippen molar-refractivity contribution in [3.8, 4) is 0 Å². The van der Waals surface area contributed by atoms with Crippen LogP contribution in [0.3, 0.4) is 0 Å². The van der Waals surface area contributed by atoms with Crippen LogP contribution in [0.2, 0.25) is 0 Å². The summed E-state index contributed by atoms with van der Waals surface area (Å²) in [6, 6.07) is 0. The molecule has 1 unspecified atom stereocenters. The molecule has 0 spiro atoms. The zero-order chi connectivity index (χ0) is 11.9. The first kappa shape index (κ1) is 11.1. The molecule has 2 rings (SSSR count). The van der Waals surface area contributed by atoms with Gasteiger partial charge in [-0.1, -0.05) is 13.8 Å². The highest BCUT2D eigenvalue weighted by Crippen LogP contribution is 2.33. The number of H-pyrrole nitrogens is 1. The van der Waals surface area contributed by atoms with Crippen LogP contribution in [-0.4, -0.2) is 32.5 Å². The summed E-state index contributed by atoms with van der Waals surface area (Å²) in [7, 11) is 0. The van der Waals surface area contributed by atoms with E-state index >= 15 is 0 Å². The second-order valence-corrected chi connectivity index (χ2v) is 4.85. The number of rotatable bonds is 3. The fraction of sp³-hybridized carbons (Fsp3) is 0.636. The van der Waals surface area contributed by atoms with E-state index in [1.807, 2.05) is 0 Å². The third-order valence-electron chi connectivity index (χ3n) is 3.33. The molecule has 5 heteroatoms. The molecule has 1 aliphatic rings. The maximum atomic E-state index is 10.9. The summed E-state index contributed by atoms with van der Waals surface area (Å²) in [6.07, 6.45) is 1.51. The molecule has 0 amide bonds. The molecular formula is C11H16N2O3. The van der Waals surface area contributed by atoms with Crippen molar-refractivity contribution in [1.29, 1.82) is 0 Å². The SMILES string of the molecule is CC(C)(c1n[nH]c2c1CCC2)C(O)C(=O)O. The predicted molar refractivity (Wildman–Crippen MR) is 57.3 cm³/mol. The summed E-state index contributed by atoms with van der Waals surface area (Å²) >= 11 is 0. The number of aliphatic hydroxyl groups excluding tert-OH is 1. The third kappa shape index (κ3) is 1.51. The number of hydrogen-bond donors (Lipinski definition) is 3. The number of aromatic amines is 1. The highest BCUT2D eigenvalue weighted by atomic mass is 16.4. The molecule has 0 aromatic carbocycles. The number of aromatic nitrogens is 2. The first-order valence-electron chi connectivity index (χ1n) is 5.42. The predicted octanol–water partition coefficient (Wildman–Crippen LogP) is 0.621. The maximum absolute atomic E-state index is 10.9. The topological polar surface area (TPSA) is 86.2 Å². The third-order valence-corrected chi connectivity index (χ3v) is 3.33. The molecule has 0 saturated carbocycles. The first-order valence-corrected chi connectivity index (χ1v) is 5.42. The molecule has 0 bridgehead atoms. The van der Waals surface area contributed by atoms with Gasteiger partial charge in [-0.05, 0) is 24.8 Å². The smallest absolute Gasteiger partial charge is 0.333 e. The highest BCUT2D eigenvalue weighted by Gasteiger charge is 2.40. The summed E-state index contributed by atoms with van der Waals surface area (Å²) < 4.78 is 0. The zero-order valence-corrected chi connectivity index (χ0v) is 9.45. The quantitative estimate of drug-likeness (QED) is 0.702. The van der Waals surface area contributed by atoms with Gasteiger partial charge in [0.2, 0.25) is 0 Å². The van der Waals surface area contributed by atoms with Crippen molar-refractivity contribution in [2.45, 2.75) is 44.6 Å². The van der Waals surface area contributed by atoms with E-state index in [4.69, 9.17) is 5.11 Å². The van der Waals surface area contributed by atoms with Crippen LogP contribution in [-0.2, 0) is 23.1 Å². The van der Waals surface area contributed by atoms with E-state index in [0.29, 0.717) is 5.69 Å². The number of carboxylic acids is 1. The minimum atomic E-state index is -1.43. The van der Waals surface area contributed by atoms with E-state index in [2.05, 4.69) is 10.2 Å². The Morgan fingerprint density at radius 2 is 2.19 bits per heavy atom. The van der Waals surface area contributed by atoms with Gasteiger partial charge in [0.15, 0.2) is 6.10 Å². The molecule has 0 radical (unpaired) electrons. The average molecular weight is 224 g/mol. The fourth-order valence-electron chi connectivity index (χ4n) is 2.29. The lowest BCUT2D eigenvalue weighted by Gasteiger charge is -2.26. The summed E-state index contributed by atoms with van der Waals surface area (Å²) in [6.45, 7) is 3.42. The monoisotopic (exact) mass is 224 g/mol. The highest BCUT2D eigenvalue weighted by molar-refractivity contribution is 5.74. The Bertz CT molecular complexity index is 423. The van der Waals surface area contributed by atoms with E-state index in [0.717, 1.165) is 30.5 Å². The normalized spacial score (nSPS) is 17.2. The van der Waals surface area contributed by atoms with Crippen LogP contribution in [0.5, 0.6) is 0 Å². The van der Waals surface area contributed by atoms with Crippen LogP contribution in [0.15, 0.2) is 0 Å². The van der Waals surface area contributed by atoms with Crippen molar-refractivity contribution in [1.82, 2.24) is 10.2 Å². The number of nitrogens with zero attached hydrogens (tertiary/aromatic N) is 1. The van der Waals surface area contributed by atoms with Crippen molar-refractivity contribution in [2.24, 2.45) is 0 Å². The van der Waals surface area contributed by atoms with Gasteiger partial charge >= 0.3 is 5.97 Å². The second-order valence-electron chi connectivity index (χ2n) is 4.85. The lowest BCUT2D eigenvalue weighted by Crippen LogP contribution is -2.40. The average Bonchev–Trinajstić information content (AvgIpc) is 2.76. The van der Waals surface area contributed by atoms with Crippen molar-refractivity contribution in [3.63, 3.8) is 0 Å². The second kappa shape index (κ2) is 3.59. The number of nitrogens with one attached hydrogen (secondary N) is 1. The standard InChI is InChI=1S/C11H16N2O3/c1-11(2,9(14)10(15)16)8-6-4-3-5-7(6)12-13-8/h9,14H,3-5H2,1-2H3,(H,12,13)(H,15,16). The van der Waals surface area contributed by atoms with E-state index < -0.39 is 17.5 Å². The Labute approximate surface area is 93.5 Å². The van der Waals surface area contributed by atoms with Crippen molar-refractivity contribution < 1.29 is 15.0 Å². The minimum Gasteiger partial charge on any atom is -0.479 e. The summed E-state index contributed by atoms with van der Waals surface area (Å²) in [5.41, 5.74) is 2.00. The number of aryl methyl sites for hydroxylation is 1. The summed E-state index contributed by atoms with van der Waals surface area (Å²) in [4.78, 5) is 10.9. The first-order chi connectivity index (χ1) is 7.44. The molecule has 5 nitrogen and oxygen atoms in total. The minimum absolute atomic E-state index is 0.690. The van der Waals surface area contributed by atoms with Crippen LogP contribution in [0.4, 0.5) is 0 Å². The number of carboxylic acid groups (broad SMARTS) is 1. The summed E-state index contributed by atoms with van der Waals surface area (Å²) in [5, 5.41) is 25.7. The van der Waals surface area contributed by atoms with Gasteiger partial charge in [0.1, 0.15) is 0 Å². The molecule has 1 aliphatic carbocycles. The molecule has 1 atom stereocenters. The van der Waals surface area contributed by atoms with Gasteiger partial charge in [0, 0.05) is 11.1 Å². The van der Waals surface area contributed by atoms with Crippen LogP contribution >= 0.6 is 0 Å². The van der Waals surface area contributed by atoms with Gasteiger partial charge in [0.25, 0.3) is 0 Å². The number of hydrogen-bond acceptors (Lipinski definition) is 3. The zero-order valence-electron chi connectivity index (χ0n) is 9.45. The molecule has 88 valence electrons. The Morgan fingerprint density at radius 1 is 1.50 bits per heavy atom. The van der Waals surface area contributed by atoms with Crippen LogP contribution in [0, 0.1) is 0 Å². The van der Waals surface area contributed by atoms with Gasteiger partial charge < -0.3 is 10.2 Å². The van der Waals surface area contributed by atoms with Gasteiger partial charge in [-0.25, -0.2) is 4.79 Å². The molecule has 0 fully saturated rings. The van der Waals surface area contributed by atoms with Crippen molar-refractivity contribution in [3.05, 3.63) is 17.0 Å². The largest absolute Gasteiger partial charge is 0.479 e. The molecular weight excluding hydrogens is 208 g/mol. The van der Waals surface area contributed by atoms with Gasteiger partial charge in [-0.3, -0.25) is 5.10 Å². The Kier molecular flexibility index (Phi) is 2.50. The number of fused-ring (bicyclic) bond motifs is 1. The fourth-order valence-corrected chi connectivity index (χ4v) is 2.29. The molecule has 16 heavy (non-hydrogen) atoms. The maximum Gasteiger partial charge on any atom is 0.333 e. The van der Waals surface area contributed by atoms with E-state index in [1.165, 1.54) is 0 Å². The summed E-state index contributed by atoms with van der Waals surface area (Å²) in [5.74, 6) is -1.21. The van der Waals surface area contributed by atoms with Crippen molar-refractivity contribution in [2.75, 3.05) is 0 Å². The van der Waals surface area contributed by atoms with Crippen LogP contribution in [0.1, 0.15) is 37.2 Å². The van der Waals surface area contributed by atoms with E-state index in [1.54, 1.807) is 13.8 Å². The Hall–Kier alpha value is -1.36.